The second-order valence-corrected chi connectivity index (χ2v) is 7.56. The Bertz CT molecular complexity index is 1500. The van der Waals surface area contributed by atoms with Crippen LogP contribution in [0.25, 0.3) is 11.6 Å². The molecule has 0 N–H and O–H groups in total. The zero-order valence-corrected chi connectivity index (χ0v) is 17.6. The maximum absolute atomic E-state index is 13.3. The van der Waals surface area contributed by atoms with E-state index in [1.54, 1.807) is 0 Å². The van der Waals surface area contributed by atoms with E-state index in [0.29, 0.717) is 0 Å². The number of halogens is 6. The summed E-state index contributed by atoms with van der Waals surface area (Å²) in [5.41, 5.74) is -10.8. The lowest BCUT2D eigenvalue weighted by Gasteiger charge is -2.16. The van der Waals surface area contributed by atoms with E-state index in [9.17, 15) is 56.7 Å². The van der Waals surface area contributed by atoms with Gasteiger partial charge in [-0.1, -0.05) is 24.3 Å². The van der Waals surface area contributed by atoms with Gasteiger partial charge in [-0.15, -0.1) is 0 Å². The molecule has 16 heteroatoms. The van der Waals surface area contributed by atoms with Crippen molar-refractivity contribution in [1.82, 2.24) is 0 Å². The van der Waals surface area contributed by atoms with E-state index < -0.39 is 77.9 Å². The fourth-order valence-corrected chi connectivity index (χ4v) is 3.90. The molecule has 2 aliphatic carbocycles. The zero-order chi connectivity index (χ0) is 27.4. The fraction of sp³-hybridized carbons (Fsp3) is 0.0952. The Hall–Kier alpha value is -4.89. The molecule has 4 rings (SSSR count). The highest BCUT2D eigenvalue weighted by molar-refractivity contribution is 6.28. The third-order valence-electron chi connectivity index (χ3n) is 5.33. The molecule has 0 saturated heterocycles. The number of nitro groups is 3. The molecule has 37 heavy (non-hydrogen) atoms. The van der Waals surface area contributed by atoms with E-state index in [4.69, 9.17) is 0 Å². The summed E-state index contributed by atoms with van der Waals surface area (Å²) in [7, 11) is 0. The average Bonchev–Trinajstić information content (AvgIpc) is 3.16. The van der Waals surface area contributed by atoms with Gasteiger partial charge in [-0.05, 0) is 35.4 Å². The second-order valence-electron chi connectivity index (χ2n) is 7.56. The Morgan fingerprint density at radius 1 is 0.703 bits per heavy atom. The summed E-state index contributed by atoms with van der Waals surface area (Å²) in [6, 6.07) is 5.70. The molecule has 10 nitrogen and oxygen atoms in total. The minimum Gasteiger partial charge on any atom is -0.258 e. The first kappa shape index (κ1) is 25.2. The molecule has 0 fully saturated rings. The molecule has 0 radical (unpaired) electrons. The predicted octanol–water partition coefficient (Wildman–Crippen LogP) is 5.66. The fourth-order valence-electron chi connectivity index (χ4n) is 3.90. The number of nitrogens with zero attached hydrogens (tertiary/aromatic N) is 4. The maximum atomic E-state index is 13.3. The van der Waals surface area contributed by atoms with Crippen LogP contribution < -0.4 is 0 Å². The molecule has 0 amide bonds. The van der Waals surface area contributed by atoms with Crippen molar-refractivity contribution < 1.29 is 41.1 Å². The molecule has 2 aromatic carbocycles. The summed E-state index contributed by atoms with van der Waals surface area (Å²) in [5.74, 6) is 0. The third-order valence-corrected chi connectivity index (χ3v) is 5.33. The van der Waals surface area contributed by atoms with Crippen molar-refractivity contribution in [3.63, 3.8) is 0 Å². The van der Waals surface area contributed by atoms with E-state index in [1.807, 2.05) is 0 Å². The van der Waals surface area contributed by atoms with Gasteiger partial charge in [-0.3, -0.25) is 30.3 Å². The molecular formula is C21H8F6N4O6. The van der Waals surface area contributed by atoms with Gasteiger partial charge in [0.25, 0.3) is 0 Å². The van der Waals surface area contributed by atoms with Crippen LogP contribution in [0, 0.1) is 30.3 Å². The standard InChI is InChI=1S/C21H8F6N4O6/c22-20(23,24)10-6-11(21(25,26)27)8-12(7-10)28-16-14-5-9-3-1-2-4-13(9)15(14)17(29(32)33)19(31(36)37)18(16)30(34)35/h1-8H. The Kier molecular flexibility index (Phi) is 5.69. The number of hydrogen-bond donors (Lipinski definition) is 0. The molecule has 0 heterocycles. The molecule has 0 aliphatic heterocycles. The normalized spacial score (nSPS) is 16.5. The van der Waals surface area contributed by atoms with Gasteiger partial charge in [0.05, 0.1) is 37.2 Å². The van der Waals surface area contributed by atoms with Crippen molar-refractivity contribution in [2.24, 2.45) is 4.99 Å². The van der Waals surface area contributed by atoms with Crippen LogP contribution in [-0.2, 0) is 12.4 Å². The minimum atomic E-state index is -5.27. The van der Waals surface area contributed by atoms with Crippen molar-refractivity contribution in [2.75, 3.05) is 0 Å². The SMILES string of the molecule is O=[N+]([O-])C1=C2C(=Cc3ccccc32)C(=Nc2cc(C(F)(F)F)cc(C(F)(F)F)c2)C([N+](=O)[O-])=C1[N+](=O)[O-]. The molecular weight excluding hydrogens is 518 g/mol. The van der Waals surface area contributed by atoms with Crippen LogP contribution in [0.3, 0.4) is 0 Å². The summed E-state index contributed by atoms with van der Waals surface area (Å²) >= 11 is 0. The smallest absolute Gasteiger partial charge is 0.258 e. The summed E-state index contributed by atoms with van der Waals surface area (Å²) in [5, 5.41) is 35.5. The largest absolute Gasteiger partial charge is 0.425 e. The first-order valence-corrected chi connectivity index (χ1v) is 9.73. The maximum Gasteiger partial charge on any atom is 0.425 e. The highest BCUT2D eigenvalue weighted by Crippen LogP contribution is 2.46. The Morgan fingerprint density at radius 3 is 1.70 bits per heavy atom. The van der Waals surface area contributed by atoms with E-state index in [-0.39, 0.29) is 29.3 Å². The second kappa shape index (κ2) is 8.35. The van der Waals surface area contributed by atoms with Crippen LogP contribution in [-0.4, -0.2) is 20.5 Å². The van der Waals surface area contributed by atoms with Crippen molar-refractivity contribution >= 4 is 23.0 Å². The number of rotatable bonds is 4. The molecule has 0 spiro atoms. The van der Waals surface area contributed by atoms with Crippen LogP contribution >= 0.6 is 0 Å². The lowest BCUT2D eigenvalue weighted by molar-refractivity contribution is -0.497. The van der Waals surface area contributed by atoms with Crippen LogP contribution in [0.1, 0.15) is 22.3 Å². The minimum absolute atomic E-state index is 0.0265. The summed E-state index contributed by atoms with van der Waals surface area (Å²) in [4.78, 5) is 35.1. The Labute approximate surface area is 200 Å². The van der Waals surface area contributed by atoms with Gasteiger partial charge >= 0.3 is 29.4 Å². The number of aliphatic imine (C=N–C) groups is 1. The highest BCUT2D eigenvalue weighted by atomic mass is 19.4. The topological polar surface area (TPSA) is 142 Å². The summed E-state index contributed by atoms with van der Waals surface area (Å²) in [6.45, 7) is 0. The van der Waals surface area contributed by atoms with E-state index in [0.717, 1.165) is 6.08 Å². The molecule has 190 valence electrons. The van der Waals surface area contributed by atoms with Gasteiger partial charge in [0.15, 0.2) is 5.71 Å². The predicted molar refractivity (Wildman–Crippen MR) is 113 cm³/mol. The molecule has 2 aromatic rings. The number of benzene rings is 2. The Morgan fingerprint density at radius 2 is 1.22 bits per heavy atom. The molecule has 2 aliphatic rings. The number of alkyl halides is 6. The lowest BCUT2D eigenvalue weighted by atomic mass is 9.89. The van der Waals surface area contributed by atoms with Gasteiger partial charge in [0.1, 0.15) is 0 Å². The highest BCUT2D eigenvalue weighted by Gasteiger charge is 2.53. The van der Waals surface area contributed by atoms with Crippen LogP contribution in [0.5, 0.6) is 0 Å². The molecule has 0 bridgehead atoms. The summed E-state index contributed by atoms with van der Waals surface area (Å²) < 4.78 is 79.8. The van der Waals surface area contributed by atoms with Crippen molar-refractivity contribution in [3.05, 3.63) is 118 Å². The monoisotopic (exact) mass is 526 g/mol. The first-order chi connectivity index (χ1) is 17.1. The van der Waals surface area contributed by atoms with Gasteiger partial charge in [0, 0.05) is 5.57 Å². The summed E-state index contributed by atoms with van der Waals surface area (Å²) in [6.07, 6.45) is -9.43. The number of fused-ring (bicyclic) bond motifs is 3. The van der Waals surface area contributed by atoms with Crippen LogP contribution in [0.2, 0.25) is 0 Å². The first-order valence-electron chi connectivity index (χ1n) is 9.73. The van der Waals surface area contributed by atoms with Crippen LogP contribution in [0.4, 0.5) is 32.0 Å². The van der Waals surface area contributed by atoms with Gasteiger partial charge < -0.3 is 0 Å². The van der Waals surface area contributed by atoms with E-state index in [2.05, 4.69) is 4.99 Å². The van der Waals surface area contributed by atoms with Gasteiger partial charge in [-0.2, -0.15) is 26.3 Å². The number of allylic oxidation sites excluding steroid dienone is 2. The lowest BCUT2D eigenvalue weighted by Crippen LogP contribution is -2.28. The molecule has 0 unspecified atom stereocenters. The number of hydrogen-bond acceptors (Lipinski definition) is 7. The van der Waals surface area contributed by atoms with Crippen molar-refractivity contribution in [2.45, 2.75) is 12.4 Å². The average molecular weight is 526 g/mol. The molecule has 0 atom stereocenters. The molecule has 0 aromatic heterocycles. The Balaban J connectivity index is 2.12. The van der Waals surface area contributed by atoms with Crippen molar-refractivity contribution in [3.8, 4) is 0 Å². The molecule has 0 saturated carbocycles. The zero-order valence-electron chi connectivity index (χ0n) is 17.6. The van der Waals surface area contributed by atoms with Gasteiger partial charge in [0.2, 0.25) is 0 Å². The van der Waals surface area contributed by atoms with E-state index >= 15 is 0 Å². The van der Waals surface area contributed by atoms with Crippen LogP contribution in [0.15, 0.2) is 70.1 Å². The quantitative estimate of drug-likeness (QED) is 0.286. The van der Waals surface area contributed by atoms with Gasteiger partial charge in [-0.25, -0.2) is 4.99 Å². The van der Waals surface area contributed by atoms with E-state index in [1.165, 1.54) is 24.3 Å². The third kappa shape index (κ3) is 4.32. The van der Waals surface area contributed by atoms with Crippen molar-refractivity contribution in [1.29, 1.82) is 0 Å².